The zero-order valence-electron chi connectivity index (χ0n) is 12.0. The second-order valence-electron chi connectivity index (χ2n) is 5.43. The van der Waals surface area contributed by atoms with Crippen molar-refractivity contribution in [2.75, 3.05) is 6.54 Å². The molecule has 0 bridgehead atoms. The molecule has 1 saturated heterocycles. The van der Waals surface area contributed by atoms with Crippen LogP contribution in [0.3, 0.4) is 0 Å². The molecular weight excluding hydrogens is 327 g/mol. The topological polar surface area (TPSA) is 40.5 Å². The number of thiophene rings is 1. The average molecular weight is 341 g/mol. The van der Waals surface area contributed by atoms with Gasteiger partial charge >= 0.3 is 6.18 Å². The van der Waals surface area contributed by atoms with Gasteiger partial charge in [0, 0.05) is 6.54 Å². The Bertz CT molecular complexity index is 700. The summed E-state index contributed by atoms with van der Waals surface area (Å²) in [5.74, 6) is -0.349. The van der Waals surface area contributed by atoms with Crippen LogP contribution in [0.25, 0.3) is 0 Å². The zero-order valence-corrected chi connectivity index (χ0v) is 12.8. The molecule has 0 radical (unpaired) electrons. The van der Waals surface area contributed by atoms with Crippen LogP contribution in [-0.4, -0.2) is 28.6 Å². The van der Waals surface area contributed by atoms with Crippen molar-refractivity contribution in [3.8, 4) is 0 Å². The van der Waals surface area contributed by atoms with Crippen molar-refractivity contribution in [3.05, 3.63) is 57.8 Å². The van der Waals surface area contributed by atoms with E-state index in [1.54, 1.807) is 17.5 Å². The molecule has 2 aromatic rings. The summed E-state index contributed by atoms with van der Waals surface area (Å²) in [6, 6.07) is 7.78. The quantitative estimate of drug-likeness (QED) is 0.904. The Hall–Kier alpha value is -1.86. The lowest BCUT2D eigenvalue weighted by molar-refractivity contribution is -0.138. The molecule has 1 fully saturated rings. The molecular formula is C16H14F3NO2S. The molecule has 1 aromatic carbocycles. The van der Waals surface area contributed by atoms with Gasteiger partial charge in [0.15, 0.2) is 0 Å². The van der Waals surface area contributed by atoms with E-state index < -0.39 is 23.9 Å². The normalized spacial score (nSPS) is 21.7. The number of likely N-dealkylation sites (tertiary alicyclic amines) is 1. The third-order valence-corrected chi connectivity index (χ3v) is 4.75. The van der Waals surface area contributed by atoms with Crippen molar-refractivity contribution in [1.82, 2.24) is 4.90 Å². The van der Waals surface area contributed by atoms with E-state index in [-0.39, 0.29) is 24.4 Å². The largest absolute Gasteiger partial charge is 0.416 e. The SMILES string of the molecule is O=C(c1cccs1)N1C[C@@H](O)C[C@H]1c1ccccc1C(F)(F)F. The fourth-order valence-corrected chi connectivity index (χ4v) is 3.60. The lowest BCUT2D eigenvalue weighted by Gasteiger charge is -2.26. The van der Waals surface area contributed by atoms with E-state index in [9.17, 15) is 23.1 Å². The zero-order chi connectivity index (χ0) is 16.6. The molecule has 2 heterocycles. The molecule has 1 aliphatic heterocycles. The number of hydrogen-bond acceptors (Lipinski definition) is 3. The number of aliphatic hydroxyl groups excluding tert-OH is 1. The number of aliphatic hydroxyl groups is 1. The first kappa shape index (κ1) is 16.0. The molecule has 3 rings (SSSR count). The molecule has 0 saturated carbocycles. The molecule has 7 heteroatoms. The van der Waals surface area contributed by atoms with Crippen molar-refractivity contribution in [3.63, 3.8) is 0 Å². The lowest BCUT2D eigenvalue weighted by Crippen LogP contribution is -2.32. The maximum Gasteiger partial charge on any atom is 0.416 e. The van der Waals surface area contributed by atoms with Gasteiger partial charge in [-0.3, -0.25) is 4.79 Å². The minimum Gasteiger partial charge on any atom is -0.391 e. The molecule has 1 aromatic heterocycles. The molecule has 1 aliphatic rings. The number of alkyl halides is 3. The van der Waals surface area contributed by atoms with Gasteiger partial charge in [-0.15, -0.1) is 11.3 Å². The Kier molecular flexibility index (Phi) is 4.16. The van der Waals surface area contributed by atoms with E-state index in [1.807, 2.05) is 0 Å². The Labute approximate surface area is 135 Å². The van der Waals surface area contributed by atoms with Crippen LogP contribution in [0.2, 0.25) is 0 Å². The van der Waals surface area contributed by atoms with E-state index in [2.05, 4.69) is 0 Å². The van der Waals surface area contributed by atoms with E-state index in [4.69, 9.17) is 0 Å². The average Bonchev–Trinajstić information content (AvgIpc) is 3.15. The third-order valence-electron chi connectivity index (χ3n) is 3.90. The Morgan fingerprint density at radius 1 is 1.22 bits per heavy atom. The molecule has 3 nitrogen and oxygen atoms in total. The highest BCUT2D eigenvalue weighted by Gasteiger charge is 2.41. The summed E-state index contributed by atoms with van der Waals surface area (Å²) in [4.78, 5) is 14.3. The van der Waals surface area contributed by atoms with Gasteiger partial charge in [0.2, 0.25) is 0 Å². The Morgan fingerprint density at radius 3 is 2.61 bits per heavy atom. The third kappa shape index (κ3) is 3.11. The fourth-order valence-electron chi connectivity index (χ4n) is 2.92. The van der Waals surface area contributed by atoms with Crippen LogP contribution in [0.4, 0.5) is 13.2 Å². The predicted octanol–water partition coefficient (Wildman–Crippen LogP) is 3.72. The Morgan fingerprint density at radius 2 is 1.96 bits per heavy atom. The fraction of sp³-hybridized carbons (Fsp3) is 0.312. The number of amides is 1. The minimum atomic E-state index is -4.50. The smallest absolute Gasteiger partial charge is 0.391 e. The summed E-state index contributed by atoms with van der Waals surface area (Å²) in [7, 11) is 0. The monoisotopic (exact) mass is 341 g/mol. The van der Waals surface area contributed by atoms with Gasteiger partial charge in [-0.2, -0.15) is 13.2 Å². The van der Waals surface area contributed by atoms with Crippen molar-refractivity contribution >= 4 is 17.2 Å². The first-order chi connectivity index (χ1) is 10.9. The van der Waals surface area contributed by atoms with E-state index in [1.165, 1.54) is 34.4 Å². The number of nitrogens with zero attached hydrogens (tertiary/aromatic N) is 1. The molecule has 2 atom stereocenters. The number of β-amino-alcohol motifs (C(OH)–C–C–N with tert-alkyl or cyclic N) is 1. The van der Waals surface area contributed by atoms with Crippen LogP contribution in [0.15, 0.2) is 41.8 Å². The van der Waals surface area contributed by atoms with Crippen molar-refractivity contribution in [2.45, 2.75) is 24.7 Å². The highest BCUT2D eigenvalue weighted by atomic mass is 32.1. The Balaban J connectivity index is 2.00. The van der Waals surface area contributed by atoms with E-state index in [0.29, 0.717) is 4.88 Å². The second kappa shape index (κ2) is 5.98. The van der Waals surface area contributed by atoms with Crippen LogP contribution < -0.4 is 0 Å². The summed E-state index contributed by atoms with van der Waals surface area (Å²) >= 11 is 1.23. The van der Waals surface area contributed by atoms with Crippen LogP contribution >= 0.6 is 11.3 Å². The van der Waals surface area contributed by atoms with Crippen LogP contribution in [0, 0.1) is 0 Å². The van der Waals surface area contributed by atoms with Gasteiger partial charge in [0.1, 0.15) is 0 Å². The number of benzene rings is 1. The molecule has 0 aliphatic carbocycles. The summed E-state index contributed by atoms with van der Waals surface area (Å²) in [5, 5.41) is 11.6. The number of carbonyl (C=O) groups excluding carboxylic acids is 1. The van der Waals surface area contributed by atoms with Crippen molar-refractivity contribution in [1.29, 1.82) is 0 Å². The standard InChI is InChI=1S/C16H14F3NO2S/c17-16(18,19)12-5-2-1-4-11(12)13-8-10(21)9-20(13)15(22)14-6-3-7-23-14/h1-7,10,13,21H,8-9H2/t10-,13-/m0/s1. The van der Waals surface area contributed by atoms with Crippen LogP contribution in [-0.2, 0) is 6.18 Å². The second-order valence-corrected chi connectivity index (χ2v) is 6.37. The molecule has 122 valence electrons. The first-order valence-corrected chi connectivity index (χ1v) is 7.94. The molecule has 1 N–H and O–H groups in total. The molecule has 0 unspecified atom stereocenters. The van der Waals surface area contributed by atoms with Gasteiger partial charge in [0.05, 0.1) is 22.6 Å². The van der Waals surface area contributed by atoms with Crippen molar-refractivity contribution < 1.29 is 23.1 Å². The maximum absolute atomic E-state index is 13.2. The van der Waals surface area contributed by atoms with Gasteiger partial charge in [-0.1, -0.05) is 24.3 Å². The number of hydrogen-bond donors (Lipinski definition) is 1. The number of carbonyl (C=O) groups is 1. The highest BCUT2D eigenvalue weighted by molar-refractivity contribution is 7.12. The maximum atomic E-state index is 13.2. The van der Waals surface area contributed by atoms with Gasteiger partial charge in [-0.25, -0.2) is 0 Å². The van der Waals surface area contributed by atoms with Gasteiger partial charge < -0.3 is 10.0 Å². The minimum absolute atomic E-state index is 0.0291. The van der Waals surface area contributed by atoms with Gasteiger partial charge in [-0.05, 0) is 29.5 Å². The van der Waals surface area contributed by atoms with Crippen LogP contribution in [0.5, 0.6) is 0 Å². The molecule has 23 heavy (non-hydrogen) atoms. The number of rotatable bonds is 2. The van der Waals surface area contributed by atoms with Gasteiger partial charge in [0.25, 0.3) is 5.91 Å². The predicted molar refractivity (Wildman–Crippen MR) is 80.2 cm³/mol. The summed E-state index contributed by atoms with van der Waals surface area (Å²) in [6.07, 6.45) is -5.23. The number of halogens is 3. The van der Waals surface area contributed by atoms with Crippen LogP contribution in [0.1, 0.15) is 33.3 Å². The summed E-state index contributed by atoms with van der Waals surface area (Å²) < 4.78 is 39.7. The van der Waals surface area contributed by atoms with E-state index in [0.717, 1.165) is 6.07 Å². The lowest BCUT2D eigenvalue weighted by atomic mass is 9.97. The molecule has 1 amide bonds. The highest BCUT2D eigenvalue weighted by Crippen LogP contribution is 2.41. The summed E-state index contributed by atoms with van der Waals surface area (Å²) in [6.45, 7) is 0.0353. The van der Waals surface area contributed by atoms with E-state index >= 15 is 0 Å². The first-order valence-electron chi connectivity index (χ1n) is 7.06. The van der Waals surface area contributed by atoms with Crippen molar-refractivity contribution in [2.24, 2.45) is 0 Å². The summed E-state index contributed by atoms with van der Waals surface area (Å²) in [5.41, 5.74) is -0.732. The molecule has 0 spiro atoms.